The van der Waals surface area contributed by atoms with E-state index < -0.39 is 5.60 Å². The lowest BCUT2D eigenvalue weighted by Gasteiger charge is -2.25. The van der Waals surface area contributed by atoms with Crippen molar-refractivity contribution in [1.82, 2.24) is 5.32 Å². The van der Waals surface area contributed by atoms with Crippen molar-refractivity contribution in [3.05, 3.63) is 34.9 Å². The van der Waals surface area contributed by atoms with Gasteiger partial charge in [-0.25, -0.2) is 0 Å². The Morgan fingerprint density at radius 2 is 2.32 bits per heavy atom. The van der Waals surface area contributed by atoms with Gasteiger partial charge in [-0.05, 0) is 19.4 Å². The molecule has 2 N–H and O–H groups in total. The van der Waals surface area contributed by atoms with Gasteiger partial charge in [-0.3, -0.25) is 4.79 Å². The van der Waals surface area contributed by atoms with E-state index in [1.165, 1.54) is 0 Å². The van der Waals surface area contributed by atoms with E-state index in [9.17, 15) is 9.90 Å². The molecule has 0 aliphatic carbocycles. The molecule has 104 valence electrons. The number of carbonyl (C=O) groups excluding carboxylic acids is 1. The Kier molecular flexibility index (Phi) is 4.45. The molecule has 0 spiro atoms. The highest BCUT2D eigenvalue weighted by Gasteiger charge is 2.29. The SMILES string of the molecule is C[C@@](O)(CNC(=O)[C@@H]1CCOC1)c1ccccc1Cl. The van der Waals surface area contributed by atoms with E-state index in [2.05, 4.69) is 5.32 Å². The summed E-state index contributed by atoms with van der Waals surface area (Å²) in [5, 5.41) is 13.7. The smallest absolute Gasteiger partial charge is 0.225 e. The Bertz CT molecular complexity index is 456. The first-order valence-corrected chi connectivity index (χ1v) is 6.71. The van der Waals surface area contributed by atoms with Crippen LogP contribution >= 0.6 is 11.6 Å². The van der Waals surface area contributed by atoms with Crippen molar-refractivity contribution in [2.24, 2.45) is 5.92 Å². The zero-order valence-corrected chi connectivity index (χ0v) is 11.6. The molecule has 1 aromatic carbocycles. The third-order valence-electron chi connectivity index (χ3n) is 3.36. The van der Waals surface area contributed by atoms with Crippen LogP contribution in [0.2, 0.25) is 5.02 Å². The molecule has 1 fully saturated rings. The van der Waals surface area contributed by atoms with Gasteiger partial charge >= 0.3 is 0 Å². The van der Waals surface area contributed by atoms with Gasteiger partial charge in [0, 0.05) is 17.2 Å². The fourth-order valence-corrected chi connectivity index (χ4v) is 2.48. The highest BCUT2D eigenvalue weighted by molar-refractivity contribution is 6.31. The summed E-state index contributed by atoms with van der Waals surface area (Å²) in [5.74, 6) is -0.188. The summed E-state index contributed by atoms with van der Waals surface area (Å²) in [6.07, 6.45) is 0.736. The Balaban J connectivity index is 1.97. The monoisotopic (exact) mass is 283 g/mol. The minimum absolute atomic E-state index is 0.0789. The van der Waals surface area contributed by atoms with E-state index in [0.29, 0.717) is 23.8 Å². The van der Waals surface area contributed by atoms with Gasteiger partial charge in [0.05, 0.1) is 19.1 Å². The quantitative estimate of drug-likeness (QED) is 0.884. The standard InChI is InChI=1S/C14H18ClNO3/c1-14(18,11-4-2-3-5-12(11)15)9-16-13(17)10-6-7-19-8-10/h2-5,10,18H,6-9H2,1H3,(H,16,17)/t10-,14-/m1/s1. The molecule has 19 heavy (non-hydrogen) atoms. The highest BCUT2D eigenvalue weighted by Crippen LogP contribution is 2.27. The predicted octanol–water partition coefficient (Wildman–Crippen LogP) is 1.70. The number of aliphatic hydroxyl groups is 1. The Labute approximate surface area is 117 Å². The fourth-order valence-electron chi connectivity index (χ4n) is 2.14. The van der Waals surface area contributed by atoms with Crippen LogP contribution in [0.25, 0.3) is 0 Å². The molecule has 0 saturated carbocycles. The third-order valence-corrected chi connectivity index (χ3v) is 3.69. The first kappa shape index (κ1) is 14.3. The Morgan fingerprint density at radius 3 is 2.95 bits per heavy atom. The van der Waals surface area contributed by atoms with Gasteiger partial charge in [0.25, 0.3) is 0 Å². The van der Waals surface area contributed by atoms with Crippen LogP contribution in [0.1, 0.15) is 18.9 Å². The molecule has 1 saturated heterocycles. The largest absolute Gasteiger partial charge is 0.384 e. The third kappa shape index (κ3) is 3.47. The van der Waals surface area contributed by atoms with Crippen molar-refractivity contribution in [3.8, 4) is 0 Å². The summed E-state index contributed by atoms with van der Waals surface area (Å²) in [6.45, 7) is 2.85. The van der Waals surface area contributed by atoms with Gasteiger partial charge in [-0.2, -0.15) is 0 Å². The minimum atomic E-state index is -1.19. The number of ether oxygens (including phenoxy) is 1. The molecular weight excluding hydrogens is 266 g/mol. The van der Waals surface area contributed by atoms with Crippen LogP contribution in [-0.4, -0.2) is 30.8 Å². The zero-order valence-electron chi connectivity index (χ0n) is 10.9. The summed E-state index contributed by atoms with van der Waals surface area (Å²) < 4.78 is 5.17. The van der Waals surface area contributed by atoms with E-state index in [0.717, 1.165) is 6.42 Å². The topological polar surface area (TPSA) is 58.6 Å². The van der Waals surface area contributed by atoms with E-state index >= 15 is 0 Å². The second-order valence-electron chi connectivity index (χ2n) is 5.03. The van der Waals surface area contributed by atoms with E-state index in [1.54, 1.807) is 25.1 Å². The van der Waals surface area contributed by atoms with E-state index in [1.807, 2.05) is 6.07 Å². The molecule has 1 amide bonds. The lowest BCUT2D eigenvalue weighted by atomic mass is 9.95. The van der Waals surface area contributed by atoms with Crippen LogP contribution in [0, 0.1) is 5.92 Å². The maximum absolute atomic E-state index is 11.9. The molecule has 1 aliphatic heterocycles. The molecule has 0 bridgehead atoms. The van der Waals surface area contributed by atoms with Gasteiger partial charge in [-0.1, -0.05) is 29.8 Å². The first-order chi connectivity index (χ1) is 9.00. The average molecular weight is 284 g/mol. The average Bonchev–Trinajstić information content (AvgIpc) is 2.90. The molecular formula is C14H18ClNO3. The van der Waals surface area contributed by atoms with Crippen molar-refractivity contribution in [3.63, 3.8) is 0 Å². The van der Waals surface area contributed by atoms with Crippen molar-refractivity contribution >= 4 is 17.5 Å². The zero-order chi connectivity index (χ0) is 13.9. The van der Waals surface area contributed by atoms with Gasteiger partial charge in [0.1, 0.15) is 5.60 Å². The summed E-state index contributed by atoms with van der Waals surface area (Å²) >= 11 is 6.06. The molecule has 1 aromatic rings. The van der Waals surface area contributed by atoms with Gasteiger partial charge in [-0.15, -0.1) is 0 Å². The molecule has 5 heteroatoms. The fraction of sp³-hybridized carbons (Fsp3) is 0.500. The maximum atomic E-state index is 11.9. The summed E-state index contributed by atoms with van der Waals surface area (Å²) in [5.41, 5.74) is -0.576. The lowest BCUT2D eigenvalue weighted by Crippen LogP contribution is -2.41. The predicted molar refractivity (Wildman–Crippen MR) is 73.0 cm³/mol. The van der Waals surface area contributed by atoms with Crippen molar-refractivity contribution in [1.29, 1.82) is 0 Å². The minimum Gasteiger partial charge on any atom is -0.384 e. The number of hydrogen-bond acceptors (Lipinski definition) is 3. The molecule has 0 unspecified atom stereocenters. The summed E-state index contributed by atoms with van der Waals surface area (Å²) in [7, 11) is 0. The van der Waals surface area contributed by atoms with Crippen LogP contribution in [0.15, 0.2) is 24.3 Å². The molecule has 0 radical (unpaired) electrons. The molecule has 4 nitrogen and oxygen atoms in total. The van der Waals surface area contributed by atoms with Crippen LogP contribution in [0.3, 0.4) is 0 Å². The Hall–Kier alpha value is -1.10. The Morgan fingerprint density at radius 1 is 1.58 bits per heavy atom. The second kappa shape index (κ2) is 5.90. The van der Waals surface area contributed by atoms with Gasteiger partial charge in [0.2, 0.25) is 5.91 Å². The number of nitrogens with one attached hydrogen (secondary N) is 1. The van der Waals surface area contributed by atoms with Crippen LogP contribution in [0.4, 0.5) is 0 Å². The van der Waals surface area contributed by atoms with E-state index in [-0.39, 0.29) is 18.4 Å². The second-order valence-corrected chi connectivity index (χ2v) is 5.44. The van der Waals surface area contributed by atoms with Crippen molar-refractivity contribution < 1.29 is 14.6 Å². The molecule has 2 rings (SSSR count). The summed E-state index contributed by atoms with van der Waals surface area (Å²) in [6, 6.07) is 7.09. The van der Waals surface area contributed by atoms with Crippen molar-refractivity contribution in [2.75, 3.05) is 19.8 Å². The molecule has 0 aromatic heterocycles. The number of hydrogen-bond donors (Lipinski definition) is 2. The molecule has 1 heterocycles. The highest BCUT2D eigenvalue weighted by atomic mass is 35.5. The summed E-state index contributed by atoms with van der Waals surface area (Å²) in [4.78, 5) is 11.9. The van der Waals surface area contributed by atoms with Gasteiger partial charge in [0.15, 0.2) is 0 Å². The van der Waals surface area contributed by atoms with Crippen LogP contribution < -0.4 is 5.32 Å². The number of benzene rings is 1. The number of rotatable bonds is 4. The van der Waals surface area contributed by atoms with Crippen LogP contribution in [-0.2, 0) is 15.1 Å². The van der Waals surface area contributed by atoms with Gasteiger partial charge < -0.3 is 15.2 Å². The number of carbonyl (C=O) groups is 1. The molecule has 2 atom stereocenters. The van der Waals surface area contributed by atoms with Crippen LogP contribution in [0.5, 0.6) is 0 Å². The number of halogens is 1. The normalized spacial score (nSPS) is 21.9. The van der Waals surface area contributed by atoms with Crippen molar-refractivity contribution in [2.45, 2.75) is 18.9 Å². The maximum Gasteiger partial charge on any atom is 0.225 e. The first-order valence-electron chi connectivity index (χ1n) is 6.33. The van der Waals surface area contributed by atoms with E-state index in [4.69, 9.17) is 16.3 Å². The molecule has 1 aliphatic rings. The lowest BCUT2D eigenvalue weighted by molar-refractivity contribution is -0.126. The number of amides is 1.